The van der Waals surface area contributed by atoms with Crippen molar-refractivity contribution in [1.82, 2.24) is 10.6 Å². The fraction of sp³-hybridized carbons (Fsp3) is 0.391. The minimum absolute atomic E-state index is 0. The summed E-state index contributed by atoms with van der Waals surface area (Å²) in [6.45, 7) is 6.44. The van der Waals surface area contributed by atoms with Crippen LogP contribution in [0, 0.1) is 13.8 Å². The molecule has 2 atom stereocenters. The molecule has 2 aromatic rings. The Morgan fingerprint density at radius 2 is 1.79 bits per heavy atom. The number of rotatable bonds is 5. The van der Waals surface area contributed by atoms with Gasteiger partial charge >= 0.3 is 0 Å². The van der Waals surface area contributed by atoms with Crippen molar-refractivity contribution in [2.24, 2.45) is 0 Å². The molecule has 156 valence electrons. The number of benzene rings is 2. The highest BCUT2D eigenvalue weighted by Gasteiger charge is 2.32. The van der Waals surface area contributed by atoms with Gasteiger partial charge in [0.15, 0.2) is 0 Å². The number of nitrogens with one attached hydrogen (secondary N) is 2. The average molecular weight is 416 g/mol. The molecule has 3 rings (SSSR count). The molecular formula is C23H30ClN3O2. The molecule has 0 fully saturated rings. The highest BCUT2D eigenvalue weighted by Crippen LogP contribution is 2.29. The second-order valence-corrected chi connectivity index (χ2v) is 7.53. The van der Waals surface area contributed by atoms with Crippen molar-refractivity contribution < 1.29 is 9.59 Å². The molecule has 1 heterocycles. The van der Waals surface area contributed by atoms with Crippen molar-refractivity contribution in [3.05, 3.63) is 64.7 Å². The van der Waals surface area contributed by atoms with E-state index >= 15 is 0 Å². The van der Waals surface area contributed by atoms with Gasteiger partial charge in [-0.05, 0) is 69.0 Å². The smallest absolute Gasteiger partial charge is 0.249 e. The minimum atomic E-state index is -0.528. The molecule has 2 N–H and O–H groups in total. The Morgan fingerprint density at radius 1 is 1.14 bits per heavy atom. The lowest BCUT2D eigenvalue weighted by molar-refractivity contribution is -0.128. The van der Waals surface area contributed by atoms with Gasteiger partial charge in [-0.15, -0.1) is 12.4 Å². The van der Waals surface area contributed by atoms with Crippen LogP contribution < -0.4 is 15.5 Å². The molecule has 0 bridgehead atoms. The molecule has 2 aromatic carbocycles. The Bertz CT molecular complexity index is 864. The molecular weight excluding hydrogens is 386 g/mol. The Morgan fingerprint density at radius 3 is 2.45 bits per heavy atom. The van der Waals surface area contributed by atoms with E-state index in [-0.39, 0.29) is 30.3 Å². The van der Waals surface area contributed by atoms with E-state index in [0.29, 0.717) is 13.0 Å². The predicted molar refractivity (Wildman–Crippen MR) is 120 cm³/mol. The molecule has 2 unspecified atom stereocenters. The first-order valence-electron chi connectivity index (χ1n) is 9.84. The number of fused-ring (bicyclic) bond motifs is 1. The summed E-state index contributed by atoms with van der Waals surface area (Å²) in [5.74, 6) is -0.205. The number of aryl methyl sites for hydroxylation is 3. The number of hydrogen-bond acceptors (Lipinski definition) is 3. The first-order chi connectivity index (χ1) is 13.4. The number of hydrogen-bond donors (Lipinski definition) is 2. The van der Waals surface area contributed by atoms with Crippen molar-refractivity contribution in [2.75, 3.05) is 11.9 Å². The lowest BCUT2D eigenvalue weighted by atomic mass is 10.0. The number of para-hydroxylation sites is 1. The standard InChI is InChI=1S/C23H29N3O2.ClH/c1-15-8-7-9-16(2)19(15)14-26-21-11-6-5-10-18(21)12-13-20(23(26)28)25-22(27)17(3)24-4;/h5-11,17,20,24H,12-14H2,1-4H3,(H,25,27);1H. The van der Waals surface area contributed by atoms with Crippen LogP contribution in [-0.4, -0.2) is 30.9 Å². The van der Waals surface area contributed by atoms with Crippen molar-refractivity contribution in [1.29, 1.82) is 0 Å². The third kappa shape index (κ3) is 4.98. The molecule has 1 aliphatic rings. The number of carbonyl (C=O) groups excluding carboxylic acids is 2. The van der Waals surface area contributed by atoms with Crippen LogP contribution in [-0.2, 0) is 22.6 Å². The van der Waals surface area contributed by atoms with E-state index < -0.39 is 6.04 Å². The molecule has 0 spiro atoms. The number of carbonyl (C=O) groups is 2. The molecule has 29 heavy (non-hydrogen) atoms. The fourth-order valence-corrected chi connectivity index (χ4v) is 3.70. The molecule has 0 aromatic heterocycles. The first kappa shape index (κ1) is 22.9. The number of anilines is 1. The fourth-order valence-electron chi connectivity index (χ4n) is 3.70. The van der Waals surface area contributed by atoms with E-state index in [9.17, 15) is 9.59 Å². The average Bonchev–Trinajstić information content (AvgIpc) is 2.82. The monoisotopic (exact) mass is 415 g/mol. The van der Waals surface area contributed by atoms with Crippen LogP contribution in [0.15, 0.2) is 42.5 Å². The van der Waals surface area contributed by atoms with Gasteiger partial charge in [0.2, 0.25) is 11.8 Å². The summed E-state index contributed by atoms with van der Waals surface area (Å²) in [4.78, 5) is 27.7. The zero-order chi connectivity index (χ0) is 20.3. The molecule has 0 radical (unpaired) electrons. The number of halogens is 1. The maximum absolute atomic E-state index is 13.5. The maximum Gasteiger partial charge on any atom is 0.249 e. The van der Waals surface area contributed by atoms with Crippen LogP contribution in [0.5, 0.6) is 0 Å². The molecule has 0 saturated carbocycles. The number of amides is 2. The molecule has 0 saturated heterocycles. The molecule has 0 aliphatic carbocycles. The Hall–Kier alpha value is -2.37. The summed E-state index contributed by atoms with van der Waals surface area (Å²) in [7, 11) is 1.74. The van der Waals surface area contributed by atoms with Gasteiger partial charge in [-0.1, -0.05) is 36.4 Å². The summed E-state index contributed by atoms with van der Waals surface area (Å²) in [5.41, 5.74) is 5.56. The third-order valence-electron chi connectivity index (χ3n) is 5.65. The van der Waals surface area contributed by atoms with Gasteiger partial charge in [-0.25, -0.2) is 0 Å². The van der Waals surface area contributed by atoms with Gasteiger partial charge in [-0.3, -0.25) is 9.59 Å². The SMILES string of the molecule is CNC(C)C(=O)NC1CCc2ccccc2N(Cc2c(C)cccc2C)C1=O.Cl. The molecule has 5 nitrogen and oxygen atoms in total. The number of nitrogens with zero attached hydrogens (tertiary/aromatic N) is 1. The van der Waals surface area contributed by atoms with Crippen LogP contribution >= 0.6 is 12.4 Å². The molecule has 1 aliphatic heterocycles. The lowest BCUT2D eigenvalue weighted by Crippen LogP contribution is -2.52. The van der Waals surface area contributed by atoms with E-state index in [4.69, 9.17) is 0 Å². The van der Waals surface area contributed by atoms with Gasteiger partial charge in [0, 0.05) is 5.69 Å². The van der Waals surface area contributed by atoms with Gasteiger partial charge < -0.3 is 15.5 Å². The van der Waals surface area contributed by atoms with Crippen molar-refractivity contribution >= 4 is 29.9 Å². The van der Waals surface area contributed by atoms with Gasteiger partial charge in [0.1, 0.15) is 6.04 Å². The van der Waals surface area contributed by atoms with Gasteiger partial charge in [-0.2, -0.15) is 0 Å². The topological polar surface area (TPSA) is 61.4 Å². The van der Waals surface area contributed by atoms with Crippen LogP contribution in [0.3, 0.4) is 0 Å². The second kappa shape index (κ2) is 9.90. The summed E-state index contributed by atoms with van der Waals surface area (Å²) in [6, 6.07) is 13.4. The maximum atomic E-state index is 13.5. The van der Waals surface area contributed by atoms with Crippen molar-refractivity contribution in [3.63, 3.8) is 0 Å². The van der Waals surface area contributed by atoms with Gasteiger partial charge in [0.05, 0.1) is 12.6 Å². The Balaban J connectivity index is 0.00000300. The van der Waals surface area contributed by atoms with Crippen LogP contribution in [0.4, 0.5) is 5.69 Å². The summed E-state index contributed by atoms with van der Waals surface area (Å²) >= 11 is 0. The van der Waals surface area contributed by atoms with Crippen molar-refractivity contribution in [2.45, 2.75) is 52.2 Å². The zero-order valence-corrected chi connectivity index (χ0v) is 18.3. The highest BCUT2D eigenvalue weighted by atomic mass is 35.5. The molecule has 2 amide bonds. The minimum Gasteiger partial charge on any atom is -0.343 e. The highest BCUT2D eigenvalue weighted by molar-refractivity contribution is 6.00. The lowest BCUT2D eigenvalue weighted by Gasteiger charge is -2.28. The summed E-state index contributed by atoms with van der Waals surface area (Å²) < 4.78 is 0. The Kier molecular flexibility index (Phi) is 7.82. The largest absolute Gasteiger partial charge is 0.343 e. The quantitative estimate of drug-likeness (QED) is 0.787. The van der Waals surface area contributed by atoms with Crippen LogP contribution in [0.25, 0.3) is 0 Å². The third-order valence-corrected chi connectivity index (χ3v) is 5.65. The predicted octanol–water partition coefficient (Wildman–Crippen LogP) is 3.30. The Labute approximate surface area is 179 Å². The number of likely N-dealkylation sites (N-methyl/N-ethyl adjacent to an activating group) is 1. The van der Waals surface area contributed by atoms with E-state index in [1.165, 1.54) is 11.1 Å². The normalized spacial score (nSPS) is 17.0. The van der Waals surface area contributed by atoms with E-state index in [0.717, 1.165) is 23.2 Å². The first-order valence-corrected chi connectivity index (χ1v) is 9.84. The van der Waals surface area contributed by atoms with Crippen molar-refractivity contribution in [3.8, 4) is 0 Å². The summed E-state index contributed by atoms with van der Waals surface area (Å²) in [5, 5.41) is 5.88. The van der Waals surface area contributed by atoms with Crippen LogP contribution in [0.1, 0.15) is 35.6 Å². The second-order valence-electron chi connectivity index (χ2n) is 7.53. The van der Waals surface area contributed by atoms with E-state index in [2.05, 4.69) is 42.7 Å². The van der Waals surface area contributed by atoms with Gasteiger partial charge in [0.25, 0.3) is 0 Å². The van der Waals surface area contributed by atoms with E-state index in [1.54, 1.807) is 14.0 Å². The van der Waals surface area contributed by atoms with E-state index in [1.807, 2.05) is 29.2 Å². The molecule has 6 heteroatoms. The zero-order valence-electron chi connectivity index (χ0n) is 17.5. The van der Waals surface area contributed by atoms with Crippen LogP contribution in [0.2, 0.25) is 0 Å². The summed E-state index contributed by atoms with van der Waals surface area (Å²) in [6.07, 6.45) is 1.35.